The van der Waals surface area contributed by atoms with Gasteiger partial charge in [0, 0.05) is 20.1 Å². The van der Waals surface area contributed by atoms with Crippen LogP contribution >= 0.6 is 11.8 Å². The van der Waals surface area contributed by atoms with Crippen LogP contribution in [0.2, 0.25) is 25.7 Å². The van der Waals surface area contributed by atoms with E-state index in [9.17, 15) is 9.59 Å². The fourth-order valence-corrected chi connectivity index (χ4v) is 7.47. The molecule has 1 aromatic heterocycles. The molecule has 2 fully saturated rings. The van der Waals surface area contributed by atoms with Crippen molar-refractivity contribution in [3.63, 3.8) is 0 Å². The maximum Gasteiger partial charge on any atom is 0.331 e. The zero-order valence-corrected chi connectivity index (χ0v) is 24.3. The Bertz CT molecular complexity index is 1510. The number of esters is 1. The predicted octanol–water partition coefficient (Wildman–Crippen LogP) is 6.78. The molecule has 6 heteroatoms. The van der Waals surface area contributed by atoms with Crippen LogP contribution in [0.1, 0.15) is 54.3 Å². The molecule has 4 nitrogen and oxygen atoms in total. The van der Waals surface area contributed by atoms with Gasteiger partial charge < -0.3 is 4.74 Å². The fraction of sp³-hybridized carbons (Fsp3) is 0.438. The van der Waals surface area contributed by atoms with Crippen molar-refractivity contribution in [3.8, 4) is 11.8 Å². The van der Waals surface area contributed by atoms with Gasteiger partial charge in [0.1, 0.15) is 5.25 Å². The second kappa shape index (κ2) is 10.1. The highest BCUT2D eigenvalue weighted by molar-refractivity contribution is 8.00. The first-order chi connectivity index (χ1) is 18.3. The van der Waals surface area contributed by atoms with Gasteiger partial charge in [0.2, 0.25) is 0 Å². The lowest BCUT2D eigenvalue weighted by molar-refractivity contribution is -0.146. The topological polar surface area (TPSA) is 48.3 Å². The lowest BCUT2D eigenvalue weighted by Gasteiger charge is -2.20. The average Bonchev–Trinajstić information content (AvgIpc) is 3.80. The molecule has 6 rings (SSSR count). The van der Waals surface area contributed by atoms with Crippen LogP contribution in [-0.2, 0) is 16.0 Å². The van der Waals surface area contributed by atoms with Gasteiger partial charge >= 0.3 is 5.97 Å². The minimum atomic E-state index is -1.34. The summed E-state index contributed by atoms with van der Waals surface area (Å²) >= 11 is 1.62. The Morgan fingerprint density at radius 1 is 1.03 bits per heavy atom. The van der Waals surface area contributed by atoms with E-state index in [1.807, 2.05) is 0 Å². The summed E-state index contributed by atoms with van der Waals surface area (Å²) in [5.41, 5.74) is 3.45. The molecule has 0 spiro atoms. The molecule has 38 heavy (non-hydrogen) atoms. The van der Waals surface area contributed by atoms with Gasteiger partial charge in [-0.2, -0.15) is 0 Å². The van der Waals surface area contributed by atoms with Gasteiger partial charge in [-0.3, -0.25) is 9.36 Å². The van der Waals surface area contributed by atoms with E-state index in [2.05, 4.69) is 73.9 Å². The van der Waals surface area contributed by atoms with Crippen molar-refractivity contribution in [3.05, 3.63) is 75.6 Å². The standard InChI is InChI=1S/C32H35NO3SSi/c1-38(2,3)18-17-36-32(35)30-27(16-13-21-11-12-21)37-31-29(23-14-15-23)25(20-28(34)33(30)31)19-24-9-6-8-22-7-4-5-10-26(22)24/h4-10,20-21,23,27,30H,11-12,14-15,17-19H2,1-3H3. The SMILES string of the molecule is C[Si](C)(C)CCOC(=O)C1C(C#CC2CC2)Sc2c(C3CC3)c(Cc3cccc4ccccc34)cc(=O)n21. The average molecular weight is 542 g/mol. The molecule has 0 N–H and O–H groups in total. The Kier molecular flexibility index (Phi) is 6.78. The van der Waals surface area contributed by atoms with Crippen LogP contribution in [0.5, 0.6) is 0 Å². The highest BCUT2D eigenvalue weighted by Gasteiger charge is 2.44. The molecule has 0 saturated heterocycles. The monoisotopic (exact) mass is 541 g/mol. The molecule has 2 aromatic carbocycles. The molecule has 2 saturated carbocycles. The molecular weight excluding hydrogens is 507 g/mol. The van der Waals surface area contributed by atoms with E-state index >= 15 is 0 Å². The zero-order chi connectivity index (χ0) is 26.4. The molecule has 3 aliphatic rings. The molecule has 3 aromatic rings. The summed E-state index contributed by atoms with van der Waals surface area (Å²) in [7, 11) is -1.34. The van der Waals surface area contributed by atoms with E-state index in [0.717, 1.165) is 42.3 Å². The number of nitrogens with zero attached hydrogens (tertiary/aromatic N) is 1. The van der Waals surface area contributed by atoms with Crippen molar-refractivity contribution >= 4 is 36.6 Å². The van der Waals surface area contributed by atoms with Crippen molar-refractivity contribution in [2.45, 2.75) is 80.0 Å². The third-order valence-corrected chi connectivity index (χ3v) is 10.7. The number of hydrogen-bond acceptors (Lipinski definition) is 4. The minimum absolute atomic E-state index is 0.116. The van der Waals surface area contributed by atoms with Gasteiger partial charge in [0.25, 0.3) is 5.56 Å². The number of ether oxygens (including phenoxy) is 1. The molecule has 0 amide bonds. The van der Waals surface area contributed by atoms with Crippen molar-refractivity contribution in [2.24, 2.45) is 5.92 Å². The van der Waals surface area contributed by atoms with Gasteiger partial charge in [-0.1, -0.05) is 85.7 Å². The van der Waals surface area contributed by atoms with E-state index in [0.29, 0.717) is 24.9 Å². The quantitative estimate of drug-likeness (QED) is 0.188. The highest BCUT2D eigenvalue weighted by atomic mass is 32.2. The van der Waals surface area contributed by atoms with Gasteiger partial charge in [0.15, 0.2) is 6.04 Å². The normalized spacial score (nSPS) is 20.6. The fourth-order valence-electron chi connectivity index (χ4n) is 5.28. The van der Waals surface area contributed by atoms with E-state index in [1.54, 1.807) is 22.4 Å². The number of rotatable bonds is 7. The summed E-state index contributed by atoms with van der Waals surface area (Å²) in [6.45, 7) is 7.23. The highest BCUT2D eigenvalue weighted by Crippen LogP contribution is 2.51. The van der Waals surface area contributed by atoms with E-state index in [4.69, 9.17) is 4.74 Å². The Hall–Kier alpha value is -2.75. The summed E-state index contributed by atoms with van der Waals surface area (Å²) in [5, 5.41) is 3.09. The molecule has 2 heterocycles. The van der Waals surface area contributed by atoms with Gasteiger partial charge in [-0.05, 0) is 71.5 Å². The third kappa shape index (κ3) is 5.37. The summed E-state index contributed by atoms with van der Waals surface area (Å²) in [5.74, 6) is 7.33. The first kappa shape index (κ1) is 25.5. The smallest absolute Gasteiger partial charge is 0.331 e. The number of aromatic nitrogens is 1. The molecule has 0 radical (unpaired) electrons. The Morgan fingerprint density at radius 3 is 2.53 bits per heavy atom. The van der Waals surface area contributed by atoms with E-state index in [1.165, 1.54) is 21.9 Å². The maximum absolute atomic E-state index is 13.7. The van der Waals surface area contributed by atoms with Crippen LogP contribution in [-0.4, -0.2) is 30.5 Å². The van der Waals surface area contributed by atoms with Crippen LogP contribution in [0, 0.1) is 17.8 Å². The van der Waals surface area contributed by atoms with Crippen molar-refractivity contribution in [1.29, 1.82) is 0 Å². The van der Waals surface area contributed by atoms with E-state index in [-0.39, 0.29) is 16.8 Å². The number of carbonyl (C=O) groups is 1. The van der Waals surface area contributed by atoms with Crippen molar-refractivity contribution in [2.75, 3.05) is 6.61 Å². The number of hydrogen-bond donors (Lipinski definition) is 0. The molecule has 2 aliphatic carbocycles. The Morgan fingerprint density at radius 2 is 1.79 bits per heavy atom. The predicted molar refractivity (Wildman–Crippen MR) is 158 cm³/mol. The lowest BCUT2D eigenvalue weighted by Crippen LogP contribution is -2.34. The van der Waals surface area contributed by atoms with Gasteiger partial charge in [-0.15, -0.1) is 0 Å². The molecule has 1 aliphatic heterocycles. The molecule has 196 valence electrons. The lowest BCUT2D eigenvalue weighted by atomic mass is 9.95. The number of pyridine rings is 1. The van der Waals surface area contributed by atoms with Crippen molar-refractivity contribution < 1.29 is 9.53 Å². The number of fused-ring (bicyclic) bond motifs is 2. The molecule has 0 bridgehead atoms. The van der Waals surface area contributed by atoms with Crippen LogP contribution in [0.4, 0.5) is 0 Å². The molecule has 2 atom stereocenters. The van der Waals surface area contributed by atoms with Crippen LogP contribution in [0.25, 0.3) is 10.8 Å². The van der Waals surface area contributed by atoms with E-state index < -0.39 is 14.1 Å². The third-order valence-electron chi connectivity index (χ3n) is 7.73. The first-order valence-electron chi connectivity index (χ1n) is 13.9. The summed E-state index contributed by atoms with van der Waals surface area (Å²) < 4.78 is 7.54. The van der Waals surface area contributed by atoms with Gasteiger partial charge in [0.05, 0.1) is 11.6 Å². The zero-order valence-electron chi connectivity index (χ0n) is 22.5. The number of carbonyl (C=O) groups excluding carboxylic acids is 1. The first-order valence-corrected chi connectivity index (χ1v) is 18.5. The van der Waals surface area contributed by atoms with Crippen LogP contribution in [0.3, 0.4) is 0 Å². The molecule has 2 unspecified atom stereocenters. The van der Waals surface area contributed by atoms with Crippen molar-refractivity contribution in [1.82, 2.24) is 4.57 Å². The van der Waals surface area contributed by atoms with Crippen LogP contribution < -0.4 is 5.56 Å². The second-order valence-electron chi connectivity index (χ2n) is 12.2. The van der Waals surface area contributed by atoms with Gasteiger partial charge in [-0.25, -0.2) is 4.79 Å². The minimum Gasteiger partial charge on any atom is -0.464 e. The molecular formula is C32H35NO3SSi. The Labute approximate surface area is 230 Å². The number of thioether (sulfide) groups is 1. The maximum atomic E-state index is 13.7. The van der Waals surface area contributed by atoms with Crippen LogP contribution in [0.15, 0.2) is 58.4 Å². The Balaban J connectivity index is 1.39. The summed E-state index contributed by atoms with van der Waals surface area (Å²) in [6.07, 6.45) is 5.22. The number of benzene rings is 2. The summed E-state index contributed by atoms with van der Waals surface area (Å²) in [4.78, 5) is 27.2. The summed E-state index contributed by atoms with van der Waals surface area (Å²) in [6, 6.07) is 16.8. The largest absolute Gasteiger partial charge is 0.464 e. The second-order valence-corrected chi connectivity index (χ2v) is 19.0.